The summed E-state index contributed by atoms with van der Waals surface area (Å²) >= 11 is 6.96. The summed E-state index contributed by atoms with van der Waals surface area (Å²) in [7, 11) is 0. The average Bonchev–Trinajstić information content (AvgIpc) is 3.16. The van der Waals surface area contributed by atoms with Crippen LogP contribution in [0.3, 0.4) is 0 Å². The molecule has 0 aliphatic heterocycles. The Morgan fingerprint density at radius 1 is 1.16 bits per heavy atom. The number of nitrogens with zero attached hydrogens (tertiary/aromatic N) is 2. The maximum absolute atomic E-state index is 12.9. The van der Waals surface area contributed by atoms with Crippen LogP contribution < -0.4 is 4.74 Å². The summed E-state index contributed by atoms with van der Waals surface area (Å²) in [5.41, 5.74) is 0.0134. The predicted octanol–water partition coefficient (Wildman–Crippen LogP) is 6.21. The van der Waals surface area contributed by atoms with E-state index in [1.807, 2.05) is 19.1 Å². The smallest absolute Gasteiger partial charge is 0.417 e. The number of ether oxygens (including phenoxy) is 1. The zero-order chi connectivity index (χ0) is 23.7. The quantitative estimate of drug-likeness (QED) is 0.431. The molecule has 0 saturated carbocycles. The fourth-order valence-electron chi connectivity index (χ4n) is 2.91. The Morgan fingerprint density at radius 3 is 2.47 bits per heavy atom. The molecule has 0 amide bonds. The number of hydrogen-bond donors (Lipinski definition) is 1. The third-order valence-corrected chi connectivity index (χ3v) is 5.83. The minimum absolute atomic E-state index is 0.330. The fourth-order valence-corrected chi connectivity index (χ4v) is 3.86. The van der Waals surface area contributed by atoms with Crippen molar-refractivity contribution in [2.75, 3.05) is 0 Å². The summed E-state index contributed by atoms with van der Waals surface area (Å²) in [5.74, 6) is -0.225. The van der Waals surface area contributed by atoms with E-state index >= 15 is 0 Å². The van der Waals surface area contributed by atoms with Gasteiger partial charge in [0, 0.05) is 12.0 Å². The van der Waals surface area contributed by atoms with Gasteiger partial charge in [0.1, 0.15) is 10.8 Å². The van der Waals surface area contributed by atoms with E-state index in [4.69, 9.17) is 16.3 Å². The molecule has 32 heavy (non-hydrogen) atoms. The number of carbonyl (C=O) groups is 1. The normalized spacial score (nSPS) is 12.1. The van der Waals surface area contributed by atoms with Crippen molar-refractivity contribution < 1.29 is 27.8 Å². The summed E-state index contributed by atoms with van der Waals surface area (Å²) in [6.07, 6.45) is -3.27. The van der Waals surface area contributed by atoms with Gasteiger partial charge in [-0.3, -0.25) is 0 Å². The van der Waals surface area contributed by atoms with Crippen molar-refractivity contribution in [3.8, 4) is 17.1 Å². The topological polar surface area (TPSA) is 72.3 Å². The Kier molecular flexibility index (Phi) is 6.80. The highest BCUT2D eigenvalue weighted by molar-refractivity contribution is 7.05. The van der Waals surface area contributed by atoms with Crippen LogP contribution in [0.25, 0.3) is 11.4 Å². The first-order valence-corrected chi connectivity index (χ1v) is 10.7. The summed E-state index contributed by atoms with van der Waals surface area (Å²) in [6.45, 7) is 4.81. The Morgan fingerprint density at radius 2 is 1.88 bits per heavy atom. The first-order valence-electron chi connectivity index (χ1n) is 9.58. The van der Waals surface area contributed by atoms with Crippen molar-refractivity contribution in [2.45, 2.75) is 45.4 Å². The summed E-state index contributed by atoms with van der Waals surface area (Å²) in [6, 6.07) is 8.97. The summed E-state index contributed by atoms with van der Waals surface area (Å²) in [5, 5.41) is 9.56. The zero-order valence-corrected chi connectivity index (χ0v) is 19.0. The number of benzene rings is 2. The van der Waals surface area contributed by atoms with Gasteiger partial charge < -0.3 is 9.84 Å². The molecule has 0 bridgehead atoms. The van der Waals surface area contributed by atoms with Gasteiger partial charge in [-0.25, -0.2) is 9.78 Å². The predicted molar refractivity (Wildman–Crippen MR) is 116 cm³/mol. The van der Waals surface area contributed by atoms with Crippen LogP contribution in [0.15, 0.2) is 36.4 Å². The van der Waals surface area contributed by atoms with Crippen LogP contribution >= 0.6 is 23.1 Å². The number of aliphatic carboxylic acids is 1. The second kappa shape index (κ2) is 9.07. The third-order valence-electron chi connectivity index (χ3n) is 4.75. The lowest BCUT2D eigenvalue weighted by Crippen LogP contribution is -2.38. The molecule has 0 unspecified atom stereocenters. The Bertz CT molecular complexity index is 1150. The molecule has 170 valence electrons. The lowest BCUT2D eigenvalue weighted by Gasteiger charge is -2.23. The minimum atomic E-state index is -4.52. The SMILES string of the molecule is Cc1cc(CCc2nc(-c3ccc(C(F)(F)F)c(Cl)c3)ns2)ccc1OC(C)(C)C(=O)O. The first-order chi connectivity index (χ1) is 14.9. The van der Waals surface area contributed by atoms with Crippen LogP contribution in [0.4, 0.5) is 13.2 Å². The molecule has 1 aromatic heterocycles. The first kappa shape index (κ1) is 24.0. The Balaban J connectivity index is 1.67. The second-order valence-electron chi connectivity index (χ2n) is 7.72. The molecule has 0 saturated heterocycles. The molecule has 0 aliphatic rings. The molecule has 0 radical (unpaired) electrons. The van der Waals surface area contributed by atoms with Crippen LogP contribution in [0.2, 0.25) is 5.02 Å². The molecule has 0 spiro atoms. The van der Waals surface area contributed by atoms with Crippen LogP contribution in [0.5, 0.6) is 5.75 Å². The standard InChI is InChI=1S/C22H20ClF3N2O3S/c1-12-10-13(4-8-17(12)31-21(2,3)20(29)30)5-9-18-27-19(28-32-18)14-6-7-15(16(23)11-14)22(24,25)26/h4,6-8,10-11H,5,9H2,1-3H3,(H,29,30). The van der Waals surface area contributed by atoms with Gasteiger partial charge in [-0.05, 0) is 68.1 Å². The van der Waals surface area contributed by atoms with E-state index in [2.05, 4.69) is 9.36 Å². The highest BCUT2D eigenvalue weighted by Gasteiger charge is 2.33. The fraction of sp³-hybridized carbons (Fsp3) is 0.318. The molecule has 2 aromatic carbocycles. The second-order valence-corrected chi connectivity index (χ2v) is 8.97. The Hall–Kier alpha value is -2.65. The molecule has 10 heteroatoms. The molecule has 0 fully saturated rings. The van der Waals surface area contributed by atoms with Gasteiger partial charge in [0.2, 0.25) is 0 Å². The molecular formula is C22H20ClF3N2O3S. The number of rotatable bonds is 7. The number of carboxylic acid groups (broad SMARTS) is 1. The molecule has 1 N–H and O–H groups in total. The number of hydrogen-bond acceptors (Lipinski definition) is 5. The number of aromatic nitrogens is 2. The van der Waals surface area contributed by atoms with Gasteiger partial charge >= 0.3 is 12.1 Å². The van der Waals surface area contributed by atoms with E-state index in [-0.39, 0.29) is 0 Å². The summed E-state index contributed by atoms with van der Waals surface area (Å²) in [4.78, 5) is 15.7. The number of halogens is 4. The van der Waals surface area contributed by atoms with Crippen molar-refractivity contribution in [3.63, 3.8) is 0 Å². The monoisotopic (exact) mass is 484 g/mol. The summed E-state index contributed by atoms with van der Waals surface area (Å²) < 4.78 is 48.4. The van der Waals surface area contributed by atoms with E-state index < -0.39 is 28.3 Å². The van der Waals surface area contributed by atoms with Crippen LogP contribution in [0.1, 0.15) is 35.5 Å². The molecule has 0 atom stereocenters. The number of aryl methyl sites for hydroxylation is 3. The van der Waals surface area contributed by atoms with Gasteiger partial charge in [-0.15, -0.1) is 0 Å². The maximum Gasteiger partial charge on any atom is 0.417 e. The van der Waals surface area contributed by atoms with Crippen molar-refractivity contribution in [1.82, 2.24) is 9.36 Å². The molecule has 3 aromatic rings. The maximum atomic E-state index is 12.9. The van der Waals surface area contributed by atoms with Gasteiger partial charge in [0.05, 0.1) is 10.6 Å². The van der Waals surface area contributed by atoms with E-state index in [1.54, 1.807) is 6.07 Å². The lowest BCUT2D eigenvalue weighted by molar-refractivity contribution is -0.152. The molecule has 0 aliphatic carbocycles. The van der Waals surface area contributed by atoms with E-state index in [0.717, 1.165) is 22.2 Å². The van der Waals surface area contributed by atoms with Crippen molar-refractivity contribution in [1.29, 1.82) is 0 Å². The number of alkyl halides is 3. The highest BCUT2D eigenvalue weighted by Crippen LogP contribution is 2.36. The molecular weight excluding hydrogens is 465 g/mol. The average molecular weight is 485 g/mol. The van der Waals surface area contributed by atoms with Crippen molar-refractivity contribution in [3.05, 3.63) is 63.1 Å². The van der Waals surface area contributed by atoms with Crippen LogP contribution in [0, 0.1) is 6.92 Å². The van der Waals surface area contributed by atoms with Crippen LogP contribution in [-0.4, -0.2) is 26.0 Å². The zero-order valence-electron chi connectivity index (χ0n) is 17.5. The van der Waals surface area contributed by atoms with Gasteiger partial charge in [-0.2, -0.15) is 17.5 Å². The molecule has 5 nitrogen and oxygen atoms in total. The van der Waals surface area contributed by atoms with Gasteiger partial charge in [0.25, 0.3) is 0 Å². The van der Waals surface area contributed by atoms with E-state index in [1.165, 1.54) is 37.5 Å². The van der Waals surface area contributed by atoms with Gasteiger partial charge in [-0.1, -0.05) is 29.8 Å². The van der Waals surface area contributed by atoms with Crippen LogP contribution in [-0.2, 0) is 23.8 Å². The van der Waals surface area contributed by atoms with Crippen molar-refractivity contribution in [2.24, 2.45) is 0 Å². The third kappa shape index (κ3) is 5.58. The number of carboxylic acids is 1. The molecule has 1 heterocycles. The lowest BCUT2D eigenvalue weighted by atomic mass is 10.1. The van der Waals surface area contributed by atoms with E-state index in [0.29, 0.717) is 30.0 Å². The van der Waals surface area contributed by atoms with Gasteiger partial charge in [0.15, 0.2) is 11.4 Å². The minimum Gasteiger partial charge on any atom is -0.478 e. The van der Waals surface area contributed by atoms with E-state index in [9.17, 15) is 23.1 Å². The largest absolute Gasteiger partial charge is 0.478 e. The Labute approximate surface area is 192 Å². The van der Waals surface area contributed by atoms with Crippen molar-refractivity contribution >= 4 is 29.1 Å². The highest BCUT2D eigenvalue weighted by atomic mass is 35.5. The molecule has 3 rings (SSSR count).